The Balaban J connectivity index is 2.52. The molecule has 0 aliphatic rings. The molecular formula is C14H28N4. The first kappa shape index (κ1) is 15.2. The third-order valence-electron chi connectivity index (χ3n) is 3.88. The Labute approximate surface area is 111 Å². The van der Waals surface area contributed by atoms with E-state index in [-0.39, 0.29) is 0 Å². The fraction of sp³-hybridized carbons (Fsp3) is 0.786. The summed E-state index contributed by atoms with van der Waals surface area (Å²) in [5.41, 5.74) is 1.15. The first-order valence-corrected chi connectivity index (χ1v) is 6.99. The second-order valence-electron chi connectivity index (χ2n) is 5.25. The second-order valence-corrected chi connectivity index (χ2v) is 5.25. The zero-order valence-electron chi connectivity index (χ0n) is 12.4. The minimum atomic E-state index is 0.323. The van der Waals surface area contributed by atoms with Crippen LogP contribution in [-0.4, -0.2) is 41.8 Å². The van der Waals surface area contributed by atoms with Gasteiger partial charge in [0.05, 0.1) is 5.69 Å². The average Bonchev–Trinajstić information content (AvgIpc) is 2.87. The summed E-state index contributed by atoms with van der Waals surface area (Å²) in [5, 5.41) is 10.6. The molecule has 2 unspecified atom stereocenters. The van der Waals surface area contributed by atoms with Crippen molar-refractivity contribution < 1.29 is 0 Å². The van der Waals surface area contributed by atoms with Crippen molar-refractivity contribution in [1.29, 1.82) is 0 Å². The third kappa shape index (κ3) is 4.10. The van der Waals surface area contributed by atoms with E-state index in [0.717, 1.165) is 18.2 Å². The minimum Gasteiger partial charge on any atom is -0.307 e. The van der Waals surface area contributed by atoms with Crippen LogP contribution in [0.3, 0.4) is 0 Å². The van der Waals surface area contributed by atoms with Gasteiger partial charge in [-0.05, 0) is 33.0 Å². The van der Waals surface area contributed by atoms with Crippen molar-refractivity contribution in [1.82, 2.24) is 20.4 Å². The maximum absolute atomic E-state index is 4.00. The Morgan fingerprint density at radius 3 is 2.44 bits per heavy atom. The Bertz CT molecular complexity index is 304. The Kier molecular flexibility index (Phi) is 6.36. The maximum atomic E-state index is 4.00. The molecule has 104 valence electrons. The molecule has 2 N–H and O–H groups in total. The smallest absolute Gasteiger partial charge is 0.0518 e. The van der Waals surface area contributed by atoms with E-state index in [1.807, 2.05) is 6.07 Å². The Morgan fingerprint density at radius 1 is 1.33 bits per heavy atom. The number of aromatic amines is 1. The molecule has 0 amide bonds. The molecule has 0 radical (unpaired) electrons. The molecule has 0 aliphatic heterocycles. The molecule has 1 rings (SSSR count). The lowest BCUT2D eigenvalue weighted by atomic mass is 9.93. The van der Waals surface area contributed by atoms with Gasteiger partial charge in [-0.15, -0.1) is 0 Å². The third-order valence-corrected chi connectivity index (χ3v) is 3.88. The van der Waals surface area contributed by atoms with Crippen LogP contribution in [0.4, 0.5) is 0 Å². The Morgan fingerprint density at radius 2 is 2.00 bits per heavy atom. The minimum absolute atomic E-state index is 0.323. The van der Waals surface area contributed by atoms with Gasteiger partial charge in [0, 0.05) is 24.8 Å². The molecule has 0 fully saturated rings. The summed E-state index contributed by atoms with van der Waals surface area (Å²) < 4.78 is 0. The van der Waals surface area contributed by atoms with E-state index >= 15 is 0 Å². The zero-order valence-corrected chi connectivity index (χ0v) is 12.4. The number of nitrogens with zero attached hydrogens (tertiary/aromatic N) is 2. The van der Waals surface area contributed by atoms with Crippen molar-refractivity contribution >= 4 is 0 Å². The molecule has 1 heterocycles. The highest BCUT2D eigenvalue weighted by atomic mass is 15.2. The number of aromatic nitrogens is 2. The lowest BCUT2D eigenvalue weighted by Crippen LogP contribution is -2.43. The highest BCUT2D eigenvalue weighted by Gasteiger charge is 2.21. The molecule has 0 aromatic carbocycles. The van der Waals surface area contributed by atoms with Gasteiger partial charge in [-0.25, -0.2) is 0 Å². The van der Waals surface area contributed by atoms with Crippen LogP contribution in [0.15, 0.2) is 12.3 Å². The van der Waals surface area contributed by atoms with E-state index < -0.39 is 0 Å². The molecular weight excluding hydrogens is 224 g/mol. The molecule has 2 atom stereocenters. The number of likely N-dealkylation sites (N-methyl/N-ethyl adjacent to an activating group) is 1. The van der Waals surface area contributed by atoms with Gasteiger partial charge < -0.3 is 10.2 Å². The van der Waals surface area contributed by atoms with E-state index in [2.05, 4.69) is 55.3 Å². The topological polar surface area (TPSA) is 44.0 Å². The quantitative estimate of drug-likeness (QED) is 0.747. The summed E-state index contributed by atoms with van der Waals surface area (Å²) in [4.78, 5) is 2.34. The summed E-state index contributed by atoms with van der Waals surface area (Å²) in [6, 6.07) is 2.94. The zero-order chi connectivity index (χ0) is 13.5. The standard InChI is InChI=1S/C14H28N4/c1-6-12(7-2)14(18(4)5)10-15-11(3)13-8-9-16-17-13/h8-9,11-12,14-15H,6-7,10H2,1-5H3,(H,16,17). The van der Waals surface area contributed by atoms with Crippen LogP contribution in [0.5, 0.6) is 0 Å². The van der Waals surface area contributed by atoms with E-state index in [1.165, 1.54) is 12.8 Å². The van der Waals surface area contributed by atoms with Gasteiger partial charge in [-0.3, -0.25) is 5.10 Å². The lowest BCUT2D eigenvalue weighted by Gasteiger charge is -2.32. The fourth-order valence-electron chi connectivity index (χ4n) is 2.52. The van der Waals surface area contributed by atoms with E-state index in [0.29, 0.717) is 12.1 Å². The highest BCUT2D eigenvalue weighted by molar-refractivity contribution is 5.03. The van der Waals surface area contributed by atoms with Crippen molar-refractivity contribution in [2.45, 2.75) is 45.7 Å². The summed E-state index contributed by atoms with van der Waals surface area (Å²) in [6.07, 6.45) is 4.27. The van der Waals surface area contributed by atoms with Gasteiger partial charge in [0.2, 0.25) is 0 Å². The molecule has 0 aliphatic carbocycles. The van der Waals surface area contributed by atoms with Gasteiger partial charge in [0.1, 0.15) is 0 Å². The number of hydrogen-bond acceptors (Lipinski definition) is 3. The number of H-pyrrole nitrogens is 1. The lowest BCUT2D eigenvalue weighted by molar-refractivity contribution is 0.190. The van der Waals surface area contributed by atoms with Crippen LogP contribution in [0, 0.1) is 5.92 Å². The van der Waals surface area contributed by atoms with E-state index in [1.54, 1.807) is 6.20 Å². The molecule has 0 bridgehead atoms. The van der Waals surface area contributed by atoms with Gasteiger partial charge in [-0.1, -0.05) is 26.7 Å². The summed E-state index contributed by atoms with van der Waals surface area (Å²) in [5.74, 6) is 0.751. The molecule has 4 nitrogen and oxygen atoms in total. The fourth-order valence-corrected chi connectivity index (χ4v) is 2.52. The first-order valence-electron chi connectivity index (χ1n) is 6.99. The van der Waals surface area contributed by atoms with Crippen LogP contribution in [-0.2, 0) is 0 Å². The predicted molar refractivity (Wildman–Crippen MR) is 76.6 cm³/mol. The van der Waals surface area contributed by atoms with Crippen molar-refractivity contribution in [2.75, 3.05) is 20.6 Å². The van der Waals surface area contributed by atoms with Crippen LogP contribution >= 0.6 is 0 Å². The van der Waals surface area contributed by atoms with Crippen molar-refractivity contribution in [3.63, 3.8) is 0 Å². The van der Waals surface area contributed by atoms with Crippen LogP contribution < -0.4 is 5.32 Å². The number of rotatable bonds is 8. The van der Waals surface area contributed by atoms with Crippen LogP contribution in [0.1, 0.15) is 45.3 Å². The van der Waals surface area contributed by atoms with Gasteiger partial charge in [0.15, 0.2) is 0 Å². The van der Waals surface area contributed by atoms with Crippen LogP contribution in [0.25, 0.3) is 0 Å². The predicted octanol–water partition coefficient (Wildman–Crippen LogP) is 2.43. The first-order chi connectivity index (χ1) is 8.60. The second kappa shape index (κ2) is 7.54. The molecule has 1 aromatic heterocycles. The Hall–Kier alpha value is -0.870. The number of hydrogen-bond donors (Lipinski definition) is 2. The van der Waals surface area contributed by atoms with E-state index in [9.17, 15) is 0 Å². The number of nitrogens with one attached hydrogen (secondary N) is 2. The molecule has 1 aromatic rings. The van der Waals surface area contributed by atoms with Crippen molar-refractivity contribution in [3.05, 3.63) is 18.0 Å². The van der Waals surface area contributed by atoms with Gasteiger partial charge in [0.25, 0.3) is 0 Å². The van der Waals surface area contributed by atoms with Crippen molar-refractivity contribution in [2.24, 2.45) is 5.92 Å². The maximum Gasteiger partial charge on any atom is 0.0518 e. The van der Waals surface area contributed by atoms with E-state index in [4.69, 9.17) is 0 Å². The normalized spacial score (nSPS) is 15.3. The largest absolute Gasteiger partial charge is 0.307 e. The average molecular weight is 252 g/mol. The molecule has 0 spiro atoms. The van der Waals surface area contributed by atoms with Crippen LogP contribution in [0.2, 0.25) is 0 Å². The molecule has 4 heteroatoms. The highest BCUT2D eigenvalue weighted by Crippen LogP contribution is 2.17. The summed E-state index contributed by atoms with van der Waals surface area (Å²) >= 11 is 0. The van der Waals surface area contributed by atoms with Gasteiger partial charge >= 0.3 is 0 Å². The SMILES string of the molecule is CCC(CC)C(CNC(C)c1ccn[nH]1)N(C)C. The van der Waals surface area contributed by atoms with Gasteiger partial charge in [-0.2, -0.15) is 5.10 Å². The summed E-state index contributed by atoms with van der Waals surface area (Å²) in [6.45, 7) is 7.75. The molecule has 18 heavy (non-hydrogen) atoms. The summed E-state index contributed by atoms with van der Waals surface area (Å²) in [7, 11) is 4.34. The van der Waals surface area contributed by atoms with Crippen molar-refractivity contribution in [3.8, 4) is 0 Å². The molecule has 0 saturated heterocycles. The molecule has 0 saturated carbocycles. The monoisotopic (exact) mass is 252 g/mol.